The Labute approximate surface area is 120 Å². The number of nitrogens with two attached hydrogens (primary N) is 1. The van der Waals surface area contributed by atoms with E-state index in [1.807, 2.05) is 0 Å². The molecule has 0 bridgehead atoms. The summed E-state index contributed by atoms with van der Waals surface area (Å²) in [7, 11) is -1.50. The molecular weight excluding hydrogens is 276 g/mol. The summed E-state index contributed by atoms with van der Waals surface area (Å²) < 4.78 is 27.7. The van der Waals surface area contributed by atoms with E-state index >= 15 is 0 Å². The van der Waals surface area contributed by atoms with Crippen molar-refractivity contribution in [2.45, 2.75) is 36.7 Å². The summed E-state index contributed by atoms with van der Waals surface area (Å²) in [4.78, 5) is 2.43. The summed E-state index contributed by atoms with van der Waals surface area (Å²) in [5, 5.41) is 0. The van der Waals surface area contributed by atoms with Crippen LogP contribution in [-0.2, 0) is 10.0 Å². The third kappa shape index (κ3) is 3.29. The van der Waals surface area contributed by atoms with Gasteiger partial charge in [0.2, 0.25) is 10.0 Å². The van der Waals surface area contributed by atoms with Crippen LogP contribution in [0.5, 0.6) is 0 Å². The van der Waals surface area contributed by atoms with Gasteiger partial charge in [0.1, 0.15) is 4.90 Å². The molecule has 1 aliphatic heterocycles. The second kappa shape index (κ2) is 6.09. The quantitative estimate of drug-likeness (QED) is 0.563. The third-order valence-electron chi connectivity index (χ3n) is 3.86. The van der Waals surface area contributed by atoms with Crippen molar-refractivity contribution in [3.63, 3.8) is 0 Å². The summed E-state index contributed by atoms with van der Waals surface area (Å²) in [6, 6.07) is 6.97. The van der Waals surface area contributed by atoms with Gasteiger partial charge in [-0.2, -0.15) is 0 Å². The summed E-state index contributed by atoms with van der Waals surface area (Å²) >= 11 is 0. The number of hydrogen-bond acceptors (Lipinski definition) is 5. The summed E-state index contributed by atoms with van der Waals surface area (Å²) in [5.74, 6) is 5.37. The lowest BCUT2D eigenvalue weighted by molar-refractivity contribution is 0.178. The number of nitrogens with one attached hydrogen (secondary N) is 2. The van der Waals surface area contributed by atoms with E-state index in [0.29, 0.717) is 11.7 Å². The van der Waals surface area contributed by atoms with Crippen LogP contribution in [-0.4, -0.2) is 39.0 Å². The fraction of sp³-hybridized carbons (Fsp3) is 0.538. The zero-order chi connectivity index (χ0) is 14.8. The minimum Gasteiger partial charge on any atom is -0.323 e. The number of para-hydroxylation sites is 1. The molecule has 1 aromatic rings. The van der Waals surface area contributed by atoms with Gasteiger partial charge in [-0.3, -0.25) is 5.84 Å². The molecule has 0 aromatic heterocycles. The SMILES string of the molecule is CC1CC(NS(=O)(=O)c2ccccc2NN)CCN1C. The molecule has 112 valence electrons. The number of nitrogen functional groups attached to an aromatic ring is 1. The molecule has 1 aromatic carbocycles. The van der Waals surface area contributed by atoms with E-state index in [2.05, 4.69) is 29.0 Å². The van der Waals surface area contributed by atoms with Crippen LogP contribution in [0.25, 0.3) is 0 Å². The number of hydrazine groups is 1. The molecule has 2 unspecified atom stereocenters. The summed E-state index contributed by atoms with van der Waals surface area (Å²) in [5.41, 5.74) is 2.83. The molecule has 1 heterocycles. The number of sulfonamides is 1. The first-order valence-corrected chi connectivity index (χ1v) is 8.20. The molecule has 0 radical (unpaired) electrons. The number of rotatable bonds is 4. The second-order valence-corrected chi connectivity index (χ2v) is 7.00. The monoisotopic (exact) mass is 298 g/mol. The predicted octanol–water partition coefficient (Wildman–Crippen LogP) is 0.733. The van der Waals surface area contributed by atoms with Crippen molar-refractivity contribution in [1.82, 2.24) is 9.62 Å². The van der Waals surface area contributed by atoms with E-state index in [4.69, 9.17) is 5.84 Å². The fourth-order valence-corrected chi connectivity index (χ4v) is 3.95. The molecule has 1 saturated heterocycles. The molecular formula is C13H22N4O2S. The minimum atomic E-state index is -3.55. The van der Waals surface area contributed by atoms with Gasteiger partial charge in [0, 0.05) is 12.1 Å². The van der Waals surface area contributed by atoms with Gasteiger partial charge in [-0.25, -0.2) is 13.1 Å². The molecule has 2 rings (SSSR count). The first-order chi connectivity index (χ1) is 9.44. The first kappa shape index (κ1) is 15.2. The van der Waals surface area contributed by atoms with Crippen molar-refractivity contribution in [1.29, 1.82) is 0 Å². The number of nitrogens with zero attached hydrogens (tertiary/aromatic N) is 1. The zero-order valence-electron chi connectivity index (χ0n) is 11.8. The normalized spacial score (nSPS) is 24.6. The molecule has 4 N–H and O–H groups in total. The molecule has 0 aliphatic carbocycles. The number of piperidine rings is 1. The topological polar surface area (TPSA) is 87.5 Å². The largest absolute Gasteiger partial charge is 0.323 e. The maximum atomic E-state index is 12.4. The number of hydrogen-bond donors (Lipinski definition) is 3. The van der Waals surface area contributed by atoms with E-state index < -0.39 is 10.0 Å². The van der Waals surface area contributed by atoms with E-state index in [9.17, 15) is 8.42 Å². The van der Waals surface area contributed by atoms with E-state index in [1.165, 1.54) is 0 Å². The van der Waals surface area contributed by atoms with Gasteiger partial charge in [-0.05, 0) is 45.5 Å². The molecule has 1 aliphatic rings. The average Bonchev–Trinajstić information content (AvgIpc) is 2.42. The number of likely N-dealkylation sites (tertiary alicyclic amines) is 1. The van der Waals surface area contributed by atoms with Crippen LogP contribution >= 0.6 is 0 Å². The van der Waals surface area contributed by atoms with Gasteiger partial charge in [0.25, 0.3) is 0 Å². The number of benzene rings is 1. The van der Waals surface area contributed by atoms with Gasteiger partial charge < -0.3 is 10.3 Å². The van der Waals surface area contributed by atoms with Crippen molar-refractivity contribution in [3.8, 4) is 0 Å². The third-order valence-corrected chi connectivity index (χ3v) is 5.44. The van der Waals surface area contributed by atoms with Gasteiger partial charge in [-0.1, -0.05) is 12.1 Å². The smallest absolute Gasteiger partial charge is 0.242 e. The van der Waals surface area contributed by atoms with Crippen LogP contribution in [0.2, 0.25) is 0 Å². The predicted molar refractivity (Wildman–Crippen MR) is 79.7 cm³/mol. The Morgan fingerprint density at radius 1 is 1.35 bits per heavy atom. The van der Waals surface area contributed by atoms with Crippen LogP contribution < -0.4 is 16.0 Å². The van der Waals surface area contributed by atoms with Gasteiger partial charge >= 0.3 is 0 Å². The highest BCUT2D eigenvalue weighted by atomic mass is 32.2. The fourth-order valence-electron chi connectivity index (χ4n) is 2.50. The Bertz CT molecular complexity index is 561. The van der Waals surface area contributed by atoms with Crippen LogP contribution in [0.15, 0.2) is 29.2 Å². The molecule has 6 nitrogen and oxygen atoms in total. The maximum Gasteiger partial charge on any atom is 0.242 e. The van der Waals surface area contributed by atoms with Crippen molar-refractivity contribution < 1.29 is 8.42 Å². The van der Waals surface area contributed by atoms with Crippen LogP contribution in [0, 0.1) is 0 Å². The van der Waals surface area contributed by atoms with Crippen LogP contribution in [0.4, 0.5) is 5.69 Å². The molecule has 0 spiro atoms. The van der Waals surface area contributed by atoms with E-state index in [1.54, 1.807) is 24.3 Å². The Balaban J connectivity index is 2.15. The Morgan fingerprint density at radius 2 is 2.05 bits per heavy atom. The van der Waals surface area contributed by atoms with Crippen molar-refractivity contribution in [2.24, 2.45) is 5.84 Å². The summed E-state index contributed by atoms with van der Waals surface area (Å²) in [6.45, 7) is 3.00. The highest BCUT2D eigenvalue weighted by molar-refractivity contribution is 7.89. The highest BCUT2D eigenvalue weighted by Crippen LogP contribution is 2.22. The molecule has 2 atom stereocenters. The Kier molecular flexibility index (Phi) is 4.64. The van der Waals surface area contributed by atoms with Crippen LogP contribution in [0.3, 0.4) is 0 Å². The highest BCUT2D eigenvalue weighted by Gasteiger charge is 2.28. The summed E-state index contributed by atoms with van der Waals surface area (Å²) in [6.07, 6.45) is 1.63. The minimum absolute atomic E-state index is 0.0305. The van der Waals surface area contributed by atoms with E-state index in [-0.39, 0.29) is 10.9 Å². The lowest BCUT2D eigenvalue weighted by Gasteiger charge is -2.35. The lowest BCUT2D eigenvalue weighted by atomic mass is 10.0. The molecule has 0 amide bonds. The van der Waals surface area contributed by atoms with Crippen molar-refractivity contribution >= 4 is 15.7 Å². The Hall–Kier alpha value is -1.15. The Morgan fingerprint density at radius 3 is 2.70 bits per heavy atom. The first-order valence-electron chi connectivity index (χ1n) is 6.72. The molecule has 0 saturated carbocycles. The second-order valence-electron chi connectivity index (χ2n) is 5.31. The molecule has 7 heteroatoms. The van der Waals surface area contributed by atoms with Gasteiger partial charge in [0.15, 0.2) is 0 Å². The lowest BCUT2D eigenvalue weighted by Crippen LogP contribution is -2.47. The van der Waals surface area contributed by atoms with Crippen LogP contribution in [0.1, 0.15) is 19.8 Å². The average molecular weight is 298 g/mol. The van der Waals surface area contributed by atoms with Gasteiger partial charge in [-0.15, -0.1) is 0 Å². The standard InChI is InChI=1S/C13H22N4O2S/c1-10-9-11(7-8-17(10)2)16-20(18,19)13-6-4-3-5-12(13)15-14/h3-6,10-11,15-16H,7-9,14H2,1-2H3. The molecule has 1 fully saturated rings. The van der Waals surface area contributed by atoms with Crippen molar-refractivity contribution in [3.05, 3.63) is 24.3 Å². The zero-order valence-corrected chi connectivity index (χ0v) is 12.7. The van der Waals surface area contributed by atoms with E-state index in [0.717, 1.165) is 19.4 Å². The molecule has 20 heavy (non-hydrogen) atoms. The maximum absolute atomic E-state index is 12.4. The number of anilines is 1. The van der Waals surface area contributed by atoms with Gasteiger partial charge in [0.05, 0.1) is 5.69 Å². The van der Waals surface area contributed by atoms with Crippen molar-refractivity contribution in [2.75, 3.05) is 19.0 Å².